The molecule has 0 aliphatic heterocycles. The molecule has 100 valence electrons. The lowest BCUT2D eigenvalue weighted by atomic mass is 9.97. The van der Waals surface area contributed by atoms with E-state index < -0.39 is 11.2 Å². The van der Waals surface area contributed by atoms with Gasteiger partial charge in [-0.15, -0.1) is 6.58 Å². The quantitative estimate of drug-likeness (QED) is 0.636. The van der Waals surface area contributed by atoms with Crippen molar-refractivity contribution in [3.63, 3.8) is 0 Å². The molecule has 0 aromatic carbocycles. The third-order valence-corrected chi connectivity index (χ3v) is 2.94. The van der Waals surface area contributed by atoms with Crippen LogP contribution in [-0.4, -0.2) is 21.4 Å². The van der Waals surface area contributed by atoms with Crippen LogP contribution in [0.3, 0.4) is 0 Å². The molecule has 0 bridgehead atoms. The summed E-state index contributed by atoms with van der Waals surface area (Å²) >= 11 is 0. The molecule has 1 atom stereocenters. The van der Waals surface area contributed by atoms with Gasteiger partial charge in [-0.3, -0.25) is 0 Å². The first kappa shape index (κ1) is 16.4. The first-order valence-electron chi connectivity index (χ1n) is 6.40. The van der Waals surface area contributed by atoms with Gasteiger partial charge in [-0.2, -0.15) is 0 Å². The molecule has 0 saturated heterocycles. The predicted molar refractivity (Wildman–Crippen MR) is 74.0 cm³/mol. The Bertz CT molecular complexity index is 257. The Labute approximate surface area is 106 Å². The molecule has 0 heterocycles. The molecule has 2 N–H and O–H groups in total. The van der Waals surface area contributed by atoms with E-state index in [4.69, 9.17) is 0 Å². The number of rotatable bonds is 8. The van der Waals surface area contributed by atoms with Crippen LogP contribution in [0.2, 0.25) is 0 Å². The summed E-state index contributed by atoms with van der Waals surface area (Å²) in [6.45, 7) is 11.2. The lowest BCUT2D eigenvalue weighted by molar-refractivity contribution is 0.0689. The second-order valence-corrected chi connectivity index (χ2v) is 5.82. The fraction of sp³-hybridized carbons (Fsp3) is 0.733. The molecule has 0 saturated carbocycles. The molecule has 1 unspecified atom stereocenters. The van der Waals surface area contributed by atoms with Gasteiger partial charge in [-0.25, -0.2) is 0 Å². The number of hydrogen-bond donors (Lipinski definition) is 2. The standard InChI is InChI=1S/C15H28O2/c1-6-15(5,17)12-8-10-13(2)9-7-11-14(3,4)16/h6,10,16-17H,1,7-9,11-12H2,2-5H3. The van der Waals surface area contributed by atoms with Crippen LogP contribution in [0.15, 0.2) is 24.3 Å². The highest BCUT2D eigenvalue weighted by Gasteiger charge is 2.13. The van der Waals surface area contributed by atoms with Gasteiger partial charge in [0.1, 0.15) is 0 Å². The third-order valence-electron chi connectivity index (χ3n) is 2.94. The first-order valence-corrected chi connectivity index (χ1v) is 6.40. The maximum absolute atomic E-state index is 9.74. The number of allylic oxidation sites excluding steroid dienone is 2. The van der Waals surface area contributed by atoms with Gasteiger partial charge >= 0.3 is 0 Å². The zero-order valence-electron chi connectivity index (χ0n) is 11.8. The third kappa shape index (κ3) is 10.3. The summed E-state index contributed by atoms with van der Waals surface area (Å²) in [6, 6.07) is 0. The van der Waals surface area contributed by atoms with Crippen LogP contribution >= 0.6 is 0 Å². The van der Waals surface area contributed by atoms with Crippen LogP contribution in [0.5, 0.6) is 0 Å². The van der Waals surface area contributed by atoms with E-state index in [0.717, 1.165) is 25.7 Å². The molecule has 0 fully saturated rings. The minimum Gasteiger partial charge on any atom is -0.390 e. The zero-order chi connectivity index (χ0) is 13.5. The van der Waals surface area contributed by atoms with Crippen LogP contribution in [0.1, 0.15) is 59.8 Å². The van der Waals surface area contributed by atoms with E-state index >= 15 is 0 Å². The zero-order valence-corrected chi connectivity index (χ0v) is 11.8. The van der Waals surface area contributed by atoms with E-state index in [-0.39, 0.29) is 0 Å². The molecule has 2 nitrogen and oxygen atoms in total. The number of hydrogen-bond acceptors (Lipinski definition) is 2. The maximum Gasteiger partial charge on any atom is 0.0800 e. The predicted octanol–water partition coefficient (Wildman–Crippen LogP) is 3.59. The van der Waals surface area contributed by atoms with Crippen molar-refractivity contribution in [2.45, 2.75) is 71.0 Å². The van der Waals surface area contributed by atoms with Crippen LogP contribution in [-0.2, 0) is 0 Å². The lowest BCUT2D eigenvalue weighted by Gasteiger charge is -2.17. The molecule has 0 aromatic rings. The monoisotopic (exact) mass is 240 g/mol. The van der Waals surface area contributed by atoms with Gasteiger partial charge in [0.15, 0.2) is 0 Å². The molecule has 0 radical (unpaired) electrons. The van der Waals surface area contributed by atoms with Crippen molar-refractivity contribution in [1.82, 2.24) is 0 Å². The molecule has 0 spiro atoms. The maximum atomic E-state index is 9.74. The largest absolute Gasteiger partial charge is 0.390 e. The second-order valence-electron chi connectivity index (χ2n) is 5.82. The average molecular weight is 240 g/mol. The summed E-state index contributed by atoms with van der Waals surface area (Å²) in [7, 11) is 0. The van der Waals surface area contributed by atoms with Gasteiger partial charge < -0.3 is 10.2 Å². The van der Waals surface area contributed by atoms with Crippen LogP contribution in [0, 0.1) is 0 Å². The lowest BCUT2D eigenvalue weighted by Crippen LogP contribution is -2.19. The van der Waals surface area contributed by atoms with E-state index in [2.05, 4.69) is 19.6 Å². The molecular weight excluding hydrogens is 212 g/mol. The molecule has 17 heavy (non-hydrogen) atoms. The van der Waals surface area contributed by atoms with Gasteiger partial charge in [0.05, 0.1) is 11.2 Å². The fourth-order valence-electron chi connectivity index (χ4n) is 1.61. The van der Waals surface area contributed by atoms with Gasteiger partial charge in [0.2, 0.25) is 0 Å². The van der Waals surface area contributed by atoms with Gasteiger partial charge in [0, 0.05) is 0 Å². The Balaban J connectivity index is 3.84. The van der Waals surface area contributed by atoms with Gasteiger partial charge in [-0.05, 0) is 59.8 Å². The van der Waals surface area contributed by atoms with Crippen molar-refractivity contribution in [3.8, 4) is 0 Å². The molecule has 0 aliphatic carbocycles. The van der Waals surface area contributed by atoms with Crippen molar-refractivity contribution >= 4 is 0 Å². The van der Waals surface area contributed by atoms with E-state index in [1.54, 1.807) is 13.0 Å². The average Bonchev–Trinajstić information content (AvgIpc) is 2.15. The van der Waals surface area contributed by atoms with Crippen molar-refractivity contribution < 1.29 is 10.2 Å². The van der Waals surface area contributed by atoms with E-state index in [1.165, 1.54) is 5.57 Å². The summed E-state index contributed by atoms with van der Waals surface area (Å²) in [4.78, 5) is 0. The molecular formula is C15H28O2. The second kappa shape index (κ2) is 6.97. The molecule has 0 aromatic heterocycles. The van der Waals surface area contributed by atoms with Crippen LogP contribution in [0.25, 0.3) is 0 Å². The first-order chi connectivity index (χ1) is 7.66. The SMILES string of the molecule is C=CC(C)(O)CCC=C(C)CCCC(C)(C)O. The summed E-state index contributed by atoms with van der Waals surface area (Å²) in [5.41, 5.74) is 0.00512. The van der Waals surface area contributed by atoms with E-state index in [9.17, 15) is 10.2 Å². The highest BCUT2D eigenvalue weighted by molar-refractivity contribution is 5.00. The summed E-state index contributed by atoms with van der Waals surface area (Å²) in [5, 5.41) is 19.3. The molecule has 2 heteroatoms. The number of aliphatic hydroxyl groups is 2. The molecule has 0 aliphatic rings. The van der Waals surface area contributed by atoms with Crippen molar-refractivity contribution in [1.29, 1.82) is 0 Å². The summed E-state index contributed by atoms with van der Waals surface area (Å²) < 4.78 is 0. The fourth-order valence-corrected chi connectivity index (χ4v) is 1.61. The Kier molecular flexibility index (Phi) is 6.73. The minimum absolute atomic E-state index is 0.563. The van der Waals surface area contributed by atoms with Crippen molar-refractivity contribution in [3.05, 3.63) is 24.3 Å². The van der Waals surface area contributed by atoms with Crippen LogP contribution in [0.4, 0.5) is 0 Å². The van der Waals surface area contributed by atoms with Crippen molar-refractivity contribution in [2.75, 3.05) is 0 Å². The topological polar surface area (TPSA) is 40.5 Å². The van der Waals surface area contributed by atoms with Crippen LogP contribution < -0.4 is 0 Å². The summed E-state index contributed by atoms with van der Waals surface area (Å²) in [5.74, 6) is 0. The highest BCUT2D eigenvalue weighted by atomic mass is 16.3. The normalized spacial score (nSPS) is 16.7. The van der Waals surface area contributed by atoms with E-state index in [1.807, 2.05) is 13.8 Å². The Morgan fingerprint density at radius 2 is 1.76 bits per heavy atom. The molecule has 0 rings (SSSR count). The molecule has 0 amide bonds. The Hall–Kier alpha value is -0.600. The Morgan fingerprint density at radius 1 is 1.18 bits per heavy atom. The van der Waals surface area contributed by atoms with Crippen molar-refractivity contribution in [2.24, 2.45) is 0 Å². The minimum atomic E-state index is -0.760. The summed E-state index contributed by atoms with van der Waals surface area (Å²) in [6.07, 6.45) is 8.17. The highest BCUT2D eigenvalue weighted by Crippen LogP contribution is 2.18. The van der Waals surface area contributed by atoms with E-state index in [0.29, 0.717) is 6.42 Å². The smallest absolute Gasteiger partial charge is 0.0800 e. The van der Waals surface area contributed by atoms with Gasteiger partial charge in [-0.1, -0.05) is 17.7 Å². The Morgan fingerprint density at radius 3 is 2.24 bits per heavy atom. The van der Waals surface area contributed by atoms with Gasteiger partial charge in [0.25, 0.3) is 0 Å².